The summed E-state index contributed by atoms with van der Waals surface area (Å²) in [5, 5.41) is 10.8. The van der Waals surface area contributed by atoms with Crippen molar-refractivity contribution < 1.29 is 22.7 Å². The van der Waals surface area contributed by atoms with E-state index in [1.807, 2.05) is 19.9 Å². The Labute approximate surface area is 117 Å². The monoisotopic (exact) mass is 304 g/mol. The number of halogens is 3. The molecule has 0 aliphatic carbocycles. The molecule has 0 bridgehead atoms. The molecule has 2 heterocycles. The third-order valence-electron chi connectivity index (χ3n) is 2.88. The molecule has 0 saturated heterocycles. The number of carbonyl (C=O) groups is 1. The number of anilines is 1. The molecule has 0 aromatic carbocycles. The molecule has 4 nitrogen and oxygen atoms in total. The summed E-state index contributed by atoms with van der Waals surface area (Å²) in [4.78, 5) is 11.7. The van der Waals surface area contributed by atoms with Gasteiger partial charge >= 0.3 is 12.1 Å². The second-order valence-electron chi connectivity index (χ2n) is 5.00. The molecule has 8 heteroatoms. The Morgan fingerprint density at radius 3 is 2.70 bits per heavy atom. The number of nitrogens with one attached hydrogen (secondary N) is 1. The quantitative estimate of drug-likeness (QED) is 0.867. The maximum atomic E-state index is 12.3. The molecular weight excluding hydrogens is 293 g/mol. The highest BCUT2D eigenvalue weighted by Crippen LogP contribution is 2.40. The van der Waals surface area contributed by atoms with Crippen LogP contribution in [0.2, 0.25) is 0 Å². The van der Waals surface area contributed by atoms with Crippen molar-refractivity contribution in [3.05, 3.63) is 16.0 Å². The zero-order valence-electron chi connectivity index (χ0n) is 10.7. The van der Waals surface area contributed by atoms with Crippen molar-refractivity contribution in [3.8, 4) is 6.07 Å². The van der Waals surface area contributed by atoms with Gasteiger partial charge in [0.15, 0.2) is 0 Å². The number of rotatable bonds is 1. The fraction of sp³-hybridized carbons (Fsp3) is 0.500. The summed E-state index contributed by atoms with van der Waals surface area (Å²) < 4.78 is 42.3. The van der Waals surface area contributed by atoms with E-state index >= 15 is 0 Å². The predicted molar refractivity (Wildman–Crippen MR) is 66.3 cm³/mol. The van der Waals surface area contributed by atoms with E-state index in [1.165, 1.54) is 0 Å². The Kier molecular flexibility index (Phi) is 3.52. The summed E-state index contributed by atoms with van der Waals surface area (Å²) in [7, 11) is 0. The topological polar surface area (TPSA) is 62.1 Å². The van der Waals surface area contributed by atoms with Gasteiger partial charge in [0.1, 0.15) is 11.1 Å². The van der Waals surface area contributed by atoms with Crippen LogP contribution in [0.15, 0.2) is 0 Å². The highest BCUT2D eigenvalue weighted by atomic mass is 32.1. The number of hydrogen-bond donors (Lipinski definition) is 1. The van der Waals surface area contributed by atoms with Crippen molar-refractivity contribution in [2.45, 2.75) is 38.7 Å². The van der Waals surface area contributed by atoms with Crippen LogP contribution in [0.25, 0.3) is 0 Å². The molecule has 1 amide bonds. The van der Waals surface area contributed by atoms with Crippen LogP contribution in [0, 0.1) is 11.3 Å². The van der Waals surface area contributed by atoms with Crippen LogP contribution in [0.4, 0.5) is 18.2 Å². The predicted octanol–water partition coefficient (Wildman–Crippen LogP) is 2.97. The number of nitrogens with zero attached hydrogens (tertiary/aromatic N) is 1. The number of nitriles is 1. The normalized spacial score (nSPS) is 17.2. The largest absolute Gasteiger partial charge is 0.471 e. The van der Waals surface area contributed by atoms with Crippen LogP contribution in [0.1, 0.15) is 29.9 Å². The Hall–Kier alpha value is -1.59. The Bertz CT molecular complexity index is 599. The molecule has 1 aromatic heterocycles. The van der Waals surface area contributed by atoms with E-state index < -0.39 is 17.7 Å². The number of amides is 1. The van der Waals surface area contributed by atoms with Crippen molar-refractivity contribution in [2.75, 3.05) is 5.32 Å². The van der Waals surface area contributed by atoms with E-state index in [0.29, 0.717) is 16.9 Å². The Morgan fingerprint density at radius 1 is 1.50 bits per heavy atom. The summed E-state index contributed by atoms with van der Waals surface area (Å²) in [5.74, 6) is -2.08. The van der Waals surface area contributed by atoms with Gasteiger partial charge in [-0.05, 0) is 19.4 Å². The lowest BCUT2D eigenvalue weighted by atomic mass is 9.93. The van der Waals surface area contributed by atoms with Gasteiger partial charge < -0.3 is 10.1 Å². The lowest BCUT2D eigenvalue weighted by molar-refractivity contribution is -0.167. The standard InChI is InChI=1S/C12H11F3N2O2S/c1-11(2)3-6-7(4-16)9(20-8(6)5-19-11)17-10(18)12(13,14)15/h3,5H2,1-2H3,(H,17,18). The summed E-state index contributed by atoms with van der Waals surface area (Å²) >= 11 is 0.952. The first-order valence-corrected chi connectivity index (χ1v) is 6.52. The summed E-state index contributed by atoms with van der Waals surface area (Å²) in [6, 6.07) is 1.87. The average Bonchev–Trinajstić information content (AvgIpc) is 2.63. The van der Waals surface area contributed by atoms with Gasteiger partial charge in [0.2, 0.25) is 0 Å². The van der Waals surface area contributed by atoms with Crippen molar-refractivity contribution in [1.82, 2.24) is 0 Å². The first-order valence-electron chi connectivity index (χ1n) is 5.71. The molecule has 0 saturated carbocycles. The Morgan fingerprint density at radius 2 is 2.15 bits per heavy atom. The highest BCUT2D eigenvalue weighted by Gasteiger charge is 2.40. The van der Waals surface area contributed by atoms with Crippen molar-refractivity contribution >= 4 is 22.2 Å². The van der Waals surface area contributed by atoms with Crippen molar-refractivity contribution in [1.29, 1.82) is 5.26 Å². The van der Waals surface area contributed by atoms with Crippen LogP contribution in [0.3, 0.4) is 0 Å². The SMILES string of the molecule is CC1(C)Cc2c(sc(NC(=O)C(F)(F)F)c2C#N)CO1. The zero-order valence-corrected chi connectivity index (χ0v) is 11.5. The van der Waals surface area contributed by atoms with Crippen LogP contribution < -0.4 is 5.32 Å². The fourth-order valence-electron chi connectivity index (χ4n) is 1.93. The van der Waals surface area contributed by atoms with E-state index in [1.54, 1.807) is 5.32 Å². The van der Waals surface area contributed by atoms with Gasteiger partial charge in [0.25, 0.3) is 0 Å². The second-order valence-corrected chi connectivity index (χ2v) is 6.10. The number of fused-ring (bicyclic) bond motifs is 1. The van der Waals surface area contributed by atoms with Gasteiger partial charge in [-0.1, -0.05) is 0 Å². The van der Waals surface area contributed by atoms with E-state index in [0.717, 1.165) is 11.3 Å². The van der Waals surface area contributed by atoms with E-state index in [4.69, 9.17) is 10.00 Å². The van der Waals surface area contributed by atoms with Crippen molar-refractivity contribution in [3.63, 3.8) is 0 Å². The molecular formula is C12H11F3N2O2S. The molecule has 0 spiro atoms. The number of carbonyl (C=O) groups excluding carboxylic acids is 1. The lowest BCUT2D eigenvalue weighted by Gasteiger charge is -2.29. The summed E-state index contributed by atoms with van der Waals surface area (Å²) in [5.41, 5.74) is 0.274. The lowest BCUT2D eigenvalue weighted by Crippen LogP contribution is -2.31. The average molecular weight is 304 g/mol. The molecule has 2 rings (SSSR count). The number of alkyl halides is 3. The van der Waals surface area contributed by atoms with Gasteiger partial charge in [-0.2, -0.15) is 18.4 Å². The number of hydrogen-bond acceptors (Lipinski definition) is 4. The molecule has 0 fully saturated rings. The number of thiophene rings is 1. The highest BCUT2D eigenvalue weighted by molar-refractivity contribution is 7.16. The molecule has 0 radical (unpaired) electrons. The molecule has 20 heavy (non-hydrogen) atoms. The maximum Gasteiger partial charge on any atom is 0.471 e. The first kappa shape index (κ1) is 14.8. The van der Waals surface area contributed by atoms with E-state index in [-0.39, 0.29) is 17.2 Å². The Balaban J connectivity index is 2.36. The smallest absolute Gasteiger partial charge is 0.370 e. The molecule has 0 unspecified atom stereocenters. The second kappa shape index (κ2) is 4.75. The number of ether oxygens (including phenoxy) is 1. The minimum absolute atomic E-state index is 0.0684. The van der Waals surface area contributed by atoms with Gasteiger partial charge in [-0.3, -0.25) is 4.79 Å². The van der Waals surface area contributed by atoms with Gasteiger partial charge in [-0.25, -0.2) is 0 Å². The van der Waals surface area contributed by atoms with Crippen molar-refractivity contribution in [2.24, 2.45) is 0 Å². The van der Waals surface area contributed by atoms with Crippen LogP contribution in [-0.4, -0.2) is 17.7 Å². The molecule has 108 valence electrons. The molecule has 1 aliphatic heterocycles. The maximum absolute atomic E-state index is 12.3. The molecule has 1 N–H and O–H groups in total. The van der Waals surface area contributed by atoms with Crippen LogP contribution in [-0.2, 0) is 22.6 Å². The third-order valence-corrected chi connectivity index (χ3v) is 4.00. The first-order chi connectivity index (χ1) is 9.14. The van der Waals surface area contributed by atoms with E-state index in [2.05, 4.69) is 0 Å². The van der Waals surface area contributed by atoms with Gasteiger partial charge in [0.05, 0.1) is 17.8 Å². The fourth-order valence-corrected chi connectivity index (χ4v) is 3.01. The minimum atomic E-state index is -4.98. The minimum Gasteiger partial charge on any atom is -0.370 e. The summed E-state index contributed by atoms with van der Waals surface area (Å²) in [6.45, 7) is 3.90. The van der Waals surface area contributed by atoms with Crippen LogP contribution in [0.5, 0.6) is 0 Å². The molecule has 1 aromatic rings. The summed E-state index contributed by atoms with van der Waals surface area (Å²) in [6.07, 6.45) is -4.56. The van der Waals surface area contributed by atoms with Gasteiger partial charge in [-0.15, -0.1) is 11.3 Å². The zero-order chi connectivity index (χ0) is 15.1. The molecule has 1 aliphatic rings. The van der Waals surface area contributed by atoms with Crippen LogP contribution >= 0.6 is 11.3 Å². The van der Waals surface area contributed by atoms with Gasteiger partial charge in [0, 0.05) is 11.3 Å². The van der Waals surface area contributed by atoms with E-state index in [9.17, 15) is 18.0 Å². The molecule has 0 atom stereocenters. The third kappa shape index (κ3) is 2.78.